The van der Waals surface area contributed by atoms with E-state index in [0.29, 0.717) is 0 Å². The van der Waals surface area contributed by atoms with Gasteiger partial charge in [0.25, 0.3) is 0 Å². The lowest BCUT2D eigenvalue weighted by atomic mass is 10.6. The maximum absolute atomic E-state index is 10.5. The first-order valence-corrected chi connectivity index (χ1v) is 2.52. The van der Waals surface area contributed by atoms with Crippen LogP contribution in [0, 0.1) is 0 Å². The molecule has 0 aromatic carbocycles. The zero-order valence-electron chi connectivity index (χ0n) is 5.51. The summed E-state index contributed by atoms with van der Waals surface area (Å²) in [5, 5.41) is 1.84. The van der Waals surface area contributed by atoms with Crippen LogP contribution in [0.5, 0.6) is 0 Å². The van der Waals surface area contributed by atoms with Gasteiger partial charge in [-0.15, -0.1) is 0 Å². The van der Waals surface area contributed by atoms with Crippen molar-refractivity contribution in [2.75, 3.05) is 13.7 Å². The Morgan fingerprint density at radius 3 is 2.60 bits per heavy atom. The summed E-state index contributed by atoms with van der Waals surface area (Å²) in [5.74, 6) is -0.533. The molecule has 0 radical (unpaired) electrons. The highest BCUT2D eigenvalue weighted by Gasteiger charge is 2.01. The molecule has 0 aromatic heterocycles. The smallest absolute Gasteiger partial charge is 0.318 e. The van der Waals surface area contributed by atoms with E-state index < -0.39 is 11.9 Å². The highest BCUT2D eigenvalue weighted by atomic mass is 16.6. The van der Waals surface area contributed by atoms with Crippen LogP contribution in [0.2, 0.25) is 0 Å². The first kappa shape index (κ1) is 8.86. The van der Waals surface area contributed by atoms with E-state index in [9.17, 15) is 9.59 Å². The van der Waals surface area contributed by atoms with Crippen LogP contribution in [-0.4, -0.2) is 25.6 Å². The molecule has 58 valence electrons. The fourth-order valence-corrected chi connectivity index (χ4v) is 0.319. The maximum atomic E-state index is 10.5. The monoisotopic (exact) mass is 147 g/mol. The van der Waals surface area contributed by atoms with Crippen LogP contribution < -0.4 is 16.5 Å². The second-order valence-corrected chi connectivity index (χ2v) is 1.44. The number of rotatable bonds is 3. The summed E-state index contributed by atoms with van der Waals surface area (Å²) < 4.78 is 0. The molecule has 0 bridgehead atoms. The molecule has 6 heteroatoms. The standard InChI is InChI=1S/C4H9N3O3/c1-10-6-2-3(8)7-4(5)9/h6H,2H2,1H3,(H3,5,7,8,9). The van der Waals surface area contributed by atoms with Crippen LogP contribution >= 0.6 is 0 Å². The van der Waals surface area contributed by atoms with E-state index in [2.05, 4.69) is 16.1 Å². The van der Waals surface area contributed by atoms with E-state index in [1.807, 2.05) is 5.32 Å². The van der Waals surface area contributed by atoms with Crippen molar-refractivity contribution < 1.29 is 14.4 Å². The van der Waals surface area contributed by atoms with Crippen LogP contribution in [-0.2, 0) is 9.63 Å². The van der Waals surface area contributed by atoms with Crippen molar-refractivity contribution >= 4 is 11.9 Å². The SMILES string of the molecule is CONCC(=O)NC(N)=O. The van der Waals surface area contributed by atoms with Gasteiger partial charge < -0.3 is 10.6 Å². The van der Waals surface area contributed by atoms with E-state index in [4.69, 9.17) is 0 Å². The van der Waals surface area contributed by atoms with Crippen molar-refractivity contribution in [1.29, 1.82) is 0 Å². The summed E-state index contributed by atoms with van der Waals surface area (Å²) in [4.78, 5) is 24.8. The van der Waals surface area contributed by atoms with Gasteiger partial charge in [-0.2, -0.15) is 5.48 Å². The second kappa shape index (κ2) is 4.71. The van der Waals surface area contributed by atoms with Crippen molar-refractivity contribution in [3.05, 3.63) is 0 Å². The second-order valence-electron chi connectivity index (χ2n) is 1.44. The number of hydroxylamine groups is 1. The van der Waals surface area contributed by atoms with Crippen LogP contribution in [0.4, 0.5) is 4.79 Å². The van der Waals surface area contributed by atoms with E-state index in [1.165, 1.54) is 7.11 Å². The molecule has 6 nitrogen and oxygen atoms in total. The van der Waals surface area contributed by atoms with E-state index in [1.54, 1.807) is 0 Å². The van der Waals surface area contributed by atoms with Crippen molar-refractivity contribution in [3.8, 4) is 0 Å². The third-order valence-corrected chi connectivity index (χ3v) is 0.640. The predicted molar refractivity (Wildman–Crippen MR) is 32.7 cm³/mol. The van der Waals surface area contributed by atoms with Crippen molar-refractivity contribution in [1.82, 2.24) is 10.8 Å². The number of hydrogen-bond donors (Lipinski definition) is 3. The number of imide groups is 1. The molecule has 0 heterocycles. The number of urea groups is 1. The highest BCUT2D eigenvalue weighted by molar-refractivity contribution is 5.94. The van der Waals surface area contributed by atoms with Crippen LogP contribution in [0.1, 0.15) is 0 Å². The molecule has 0 rings (SSSR count). The Bertz CT molecular complexity index is 136. The molecular weight excluding hydrogens is 138 g/mol. The molecule has 0 fully saturated rings. The number of nitrogens with one attached hydrogen (secondary N) is 2. The molecule has 0 saturated heterocycles. The number of primary amides is 1. The summed E-state index contributed by atoms with van der Waals surface area (Å²) in [6.07, 6.45) is 0. The first-order valence-electron chi connectivity index (χ1n) is 2.52. The molecule has 10 heavy (non-hydrogen) atoms. The van der Waals surface area contributed by atoms with Crippen LogP contribution in [0.25, 0.3) is 0 Å². The summed E-state index contributed by atoms with van der Waals surface area (Å²) in [6, 6.07) is -0.872. The molecule has 0 aromatic rings. The van der Waals surface area contributed by atoms with Crippen LogP contribution in [0.3, 0.4) is 0 Å². The van der Waals surface area contributed by atoms with E-state index >= 15 is 0 Å². The Labute approximate surface area is 57.7 Å². The molecule has 0 unspecified atom stereocenters. The zero-order valence-corrected chi connectivity index (χ0v) is 5.51. The Morgan fingerprint density at radius 2 is 2.20 bits per heavy atom. The van der Waals surface area contributed by atoms with Gasteiger partial charge in [-0.05, 0) is 0 Å². The lowest BCUT2D eigenvalue weighted by molar-refractivity contribution is -0.121. The van der Waals surface area contributed by atoms with E-state index in [-0.39, 0.29) is 6.54 Å². The molecule has 0 aliphatic rings. The molecule has 0 aliphatic carbocycles. The lowest BCUT2D eigenvalue weighted by Gasteiger charge is -1.99. The third kappa shape index (κ3) is 5.01. The Morgan fingerprint density at radius 1 is 1.60 bits per heavy atom. The highest BCUT2D eigenvalue weighted by Crippen LogP contribution is 1.62. The number of nitrogens with two attached hydrogens (primary N) is 1. The average Bonchev–Trinajstić information content (AvgIpc) is 1.82. The molecule has 0 spiro atoms. The quantitative estimate of drug-likeness (QED) is 0.416. The molecule has 0 aliphatic heterocycles. The van der Waals surface area contributed by atoms with Gasteiger partial charge in [0.15, 0.2) is 0 Å². The van der Waals surface area contributed by atoms with Gasteiger partial charge in [0.05, 0.1) is 7.11 Å². The van der Waals surface area contributed by atoms with Gasteiger partial charge in [-0.3, -0.25) is 10.1 Å². The van der Waals surface area contributed by atoms with Gasteiger partial charge in [0.2, 0.25) is 5.91 Å². The molecule has 0 atom stereocenters. The van der Waals surface area contributed by atoms with Crippen molar-refractivity contribution in [2.24, 2.45) is 5.73 Å². The normalized spacial score (nSPS) is 8.90. The Hall–Kier alpha value is -1.14. The average molecular weight is 147 g/mol. The van der Waals surface area contributed by atoms with Gasteiger partial charge >= 0.3 is 6.03 Å². The van der Waals surface area contributed by atoms with Gasteiger partial charge in [0.1, 0.15) is 6.54 Å². The van der Waals surface area contributed by atoms with Gasteiger partial charge in [-0.25, -0.2) is 4.79 Å². The first-order chi connectivity index (χ1) is 4.66. The fourth-order valence-electron chi connectivity index (χ4n) is 0.319. The zero-order chi connectivity index (χ0) is 7.98. The maximum Gasteiger partial charge on any atom is 0.318 e. The number of carbonyl (C=O) groups is 2. The summed E-state index contributed by atoms with van der Waals surface area (Å²) >= 11 is 0. The Balaban J connectivity index is 3.35. The van der Waals surface area contributed by atoms with Crippen molar-refractivity contribution in [3.63, 3.8) is 0 Å². The molecule has 3 amide bonds. The van der Waals surface area contributed by atoms with Gasteiger partial charge in [-0.1, -0.05) is 0 Å². The minimum atomic E-state index is -0.872. The van der Waals surface area contributed by atoms with E-state index in [0.717, 1.165) is 0 Å². The summed E-state index contributed by atoms with van der Waals surface area (Å²) in [7, 11) is 1.36. The molecule has 0 saturated carbocycles. The number of carbonyl (C=O) groups excluding carboxylic acids is 2. The number of amides is 3. The fraction of sp³-hybridized carbons (Fsp3) is 0.500. The predicted octanol–water partition coefficient (Wildman–Crippen LogP) is -1.67. The van der Waals surface area contributed by atoms with Gasteiger partial charge in [0, 0.05) is 0 Å². The molecular formula is C4H9N3O3. The summed E-state index contributed by atoms with van der Waals surface area (Å²) in [6.45, 7) is -0.0978. The third-order valence-electron chi connectivity index (χ3n) is 0.640. The molecule has 4 N–H and O–H groups in total. The summed E-state index contributed by atoms with van der Waals surface area (Å²) in [5.41, 5.74) is 6.86. The minimum absolute atomic E-state index is 0.0978. The lowest BCUT2D eigenvalue weighted by Crippen LogP contribution is -2.40. The van der Waals surface area contributed by atoms with Crippen molar-refractivity contribution in [2.45, 2.75) is 0 Å². The topological polar surface area (TPSA) is 93.4 Å². The minimum Gasteiger partial charge on any atom is -0.351 e. The Kier molecular flexibility index (Phi) is 4.17. The van der Waals surface area contributed by atoms with Crippen LogP contribution in [0.15, 0.2) is 0 Å². The largest absolute Gasteiger partial charge is 0.351 e. The number of hydrogen-bond acceptors (Lipinski definition) is 4.